The van der Waals surface area contributed by atoms with Crippen molar-refractivity contribution in [3.8, 4) is 0 Å². The van der Waals surface area contributed by atoms with Gasteiger partial charge < -0.3 is 15.7 Å². The molecule has 0 radical (unpaired) electrons. The van der Waals surface area contributed by atoms with E-state index >= 15 is 0 Å². The summed E-state index contributed by atoms with van der Waals surface area (Å²) >= 11 is 0. The normalized spacial score (nSPS) is 19.1. The van der Waals surface area contributed by atoms with Gasteiger partial charge in [0.1, 0.15) is 0 Å². The van der Waals surface area contributed by atoms with Crippen molar-refractivity contribution in [2.24, 2.45) is 5.73 Å². The zero-order valence-corrected chi connectivity index (χ0v) is 12.8. The molecule has 4 nitrogen and oxygen atoms in total. The monoisotopic (exact) mass is 277 g/mol. The van der Waals surface area contributed by atoms with E-state index in [-0.39, 0.29) is 6.04 Å². The predicted octanol–water partition coefficient (Wildman–Crippen LogP) is 1.60. The molecule has 0 unspecified atom stereocenters. The summed E-state index contributed by atoms with van der Waals surface area (Å²) in [7, 11) is 0. The van der Waals surface area contributed by atoms with E-state index in [0.717, 1.165) is 32.7 Å². The van der Waals surface area contributed by atoms with Crippen LogP contribution in [-0.2, 0) is 0 Å². The molecule has 1 aromatic rings. The van der Waals surface area contributed by atoms with E-state index in [2.05, 4.69) is 34.1 Å². The van der Waals surface area contributed by atoms with E-state index in [1.165, 1.54) is 11.3 Å². The lowest BCUT2D eigenvalue weighted by molar-refractivity contribution is 0.0345. The maximum absolute atomic E-state index is 9.87. The van der Waals surface area contributed by atoms with E-state index in [4.69, 9.17) is 5.73 Å². The lowest BCUT2D eigenvalue weighted by Gasteiger charge is -2.38. The topological polar surface area (TPSA) is 52.7 Å². The van der Waals surface area contributed by atoms with E-state index in [0.29, 0.717) is 0 Å². The van der Waals surface area contributed by atoms with Crippen LogP contribution in [0.25, 0.3) is 0 Å². The molecule has 1 saturated heterocycles. The van der Waals surface area contributed by atoms with Crippen molar-refractivity contribution in [3.63, 3.8) is 0 Å². The van der Waals surface area contributed by atoms with E-state index in [9.17, 15) is 5.11 Å². The molecule has 2 rings (SSSR count). The van der Waals surface area contributed by atoms with Gasteiger partial charge in [-0.2, -0.15) is 0 Å². The van der Waals surface area contributed by atoms with Gasteiger partial charge in [-0.1, -0.05) is 12.1 Å². The standard InChI is InChI=1S/C16H27N3O/c1-13(17)14-4-6-15(7-5-14)19-10-8-18(9-11-19)12-16(2,3)20/h4-7,13,20H,8-12,17H2,1-3H3/t13-/m1/s1. The van der Waals surface area contributed by atoms with Crippen molar-refractivity contribution in [2.45, 2.75) is 32.4 Å². The van der Waals surface area contributed by atoms with Gasteiger partial charge in [-0.25, -0.2) is 0 Å². The molecule has 1 aromatic carbocycles. The molecule has 0 aromatic heterocycles. The third-order valence-electron chi connectivity index (χ3n) is 3.77. The number of aliphatic hydroxyl groups is 1. The average Bonchev–Trinajstić information content (AvgIpc) is 2.38. The summed E-state index contributed by atoms with van der Waals surface area (Å²) in [6.45, 7) is 10.5. The summed E-state index contributed by atoms with van der Waals surface area (Å²) in [5.74, 6) is 0. The van der Waals surface area contributed by atoms with Crippen LogP contribution in [0.15, 0.2) is 24.3 Å². The van der Waals surface area contributed by atoms with Crippen LogP contribution in [0.2, 0.25) is 0 Å². The first-order valence-corrected chi connectivity index (χ1v) is 7.40. The van der Waals surface area contributed by atoms with Gasteiger partial charge in [0.25, 0.3) is 0 Å². The molecule has 1 aliphatic heterocycles. The number of β-amino-alcohol motifs (C(OH)–C–C–N with tert-alkyl or cyclic N) is 1. The lowest BCUT2D eigenvalue weighted by atomic mass is 10.1. The molecule has 1 heterocycles. The fourth-order valence-corrected chi connectivity index (χ4v) is 2.70. The molecule has 0 spiro atoms. The van der Waals surface area contributed by atoms with Crippen LogP contribution in [0.5, 0.6) is 0 Å². The van der Waals surface area contributed by atoms with Crippen molar-refractivity contribution < 1.29 is 5.11 Å². The first-order chi connectivity index (χ1) is 9.35. The Morgan fingerprint density at radius 1 is 1.15 bits per heavy atom. The molecule has 1 atom stereocenters. The number of benzene rings is 1. The molecule has 4 heteroatoms. The minimum atomic E-state index is -0.610. The van der Waals surface area contributed by atoms with Gasteiger partial charge in [0.05, 0.1) is 5.60 Å². The molecule has 1 fully saturated rings. The van der Waals surface area contributed by atoms with E-state index in [1.807, 2.05) is 20.8 Å². The number of nitrogens with two attached hydrogens (primary N) is 1. The molecule has 0 saturated carbocycles. The maximum atomic E-state index is 9.87. The molecule has 0 bridgehead atoms. The van der Waals surface area contributed by atoms with E-state index in [1.54, 1.807) is 0 Å². The second kappa shape index (κ2) is 6.12. The van der Waals surface area contributed by atoms with Gasteiger partial charge in [-0.3, -0.25) is 4.90 Å². The average molecular weight is 277 g/mol. The number of hydrogen-bond acceptors (Lipinski definition) is 4. The van der Waals surface area contributed by atoms with Gasteiger partial charge in [-0.15, -0.1) is 0 Å². The summed E-state index contributed by atoms with van der Waals surface area (Å²) in [5.41, 5.74) is 7.70. The van der Waals surface area contributed by atoms with Crippen molar-refractivity contribution in [3.05, 3.63) is 29.8 Å². The maximum Gasteiger partial charge on any atom is 0.0718 e. The van der Waals surface area contributed by atoms with Gasteiger partial charge in [-0.05, 0) is 38.5 Å². The predicted molar refractivity (Wildman–Crippen MR) is 84.0 cm³/mol. The van der Waals surface area contributed by atoms with Crippen LogP contribution in [0, 0.1) is 0 Å². The fourth-order valence-electron chi connectivity index (χ4n) is 2.70. The minimum Gasteiger partial charge on any atom is -0.389 e. The Kier molecular flexibility index (Phi) is 4.68. The fraction of sp³-hybridized carbons (Fsp3) is 0.625. The summed E-state index contributed by atoms with van der Waals surface area (Å²) in [6, 6.07) is 8.63. The number of hydrogen-bond donors (Lipinski definition) is 2. The summed E-state index contributed by atoms with van der Waals surface area (Å²) in [6.07, 6.45) is 0. The Hall–Kier alpha value is -1.10. The van der Waals surface area contributed by atoms with Gasteiger partial charge in [0.15, 0.2) is 0 Å². The first kappa shape index (κ1) is 15.3. The molecule has 0 amide bonds. The van der Waals surface area contributed by atoms with Gasteiger partial charge >= 0.3 is 0 Å². The third-order valence-corrected chi connectivity index (χ3v) is 3.77. The second-order valence-corrected chi connectivity index (χ2v) is 6.46. The van der Waals surface area contributed by atoms with Crippen LogP contribution in [0.1, 0.15) is 32.4 Å². The highest BCUT2D eigenvalue weighted by Crippen LogP contribution is 2.20. The van der Waals surface area contributed by atoms with Crippen LogP contribution in [0.3, 0.4) is 0 Å². The molecular formula is C16H27N3O. The lowest BCUT2D eigenvalue weighted by Crippen LogP contribution is -2.50. The number of nitrogens with zero attached hydrogens (tertiary/aromatic N) is 2. The Balaban J connectivity index is 1.90. The zero-order chi connectivity index (χ0) is 14.8. The molecule has 0 aliphatic carbocycles. The van der Waals surface area contributed by atoms with Crippen molar-refractivity contribution in [2.75, 3.05) is 37.6 Å². The van der Waals surface area contributed by atoms with Gasteiger partial charge in [0.2, 0.25) is 0 Å². The Morgan fingerprint density at radius 3 is 2.15 bits per heavy atom. The SMILES string of the molecule is C[C@@H](N)c1ccc(N2CCN(CC(C)(C)O)CC2)cc1. The first-order valence-electron chi connectivity index (χ1n) is 7.40. The minimum absolute atomic E-state index is 0.0904. The molecule has 20 heavy (non-hydrogen) atoms. The number of anilines is 1. The second-order valence-electron chi connectivity index (χ2n) is 6.46. The Labute approximate surface area is 122 Å². The quantitative estimate of drug-likeness (QED) is 0.878. The summed E-state index contributed by atoms with van der Waals surface area (Å²) < 4.78 is 0. The molecular weight excluding hydrogens is 250 g/mol. The smallest absolute Gasteiger partial charge is 0.0718 e. The van der Waals surface area contributed by atoms with Crippen molar-refractivity contribution >= 4 is 5.69 Å². The van der Waals surface area contributed by atoms with Crippen molar-refractivity contribution in [1.29, 1.82) is 0 Å². The molecule has 3 N–H and O–H groups in total. The van der Waals surface area contributed by atoms with Crippen LogP contribution >= 0.6 is 0 Å². The van der Waals surface area contributed by atoms with E-state index < -0.39 is 5.60 Å². The van der Waals surface area contributed by atoms with Gasteiger partial charge in [0, 0.05) is 44.5 Å². The Morgan fingerprint density at radius 2 is 1.70 bits per heavy atom. The highest BCUT2D eigenvalue weighted by molar-refractivity contribution is 5.48. The summed E-state index contributed by atoms with van der Waals surface area (Å²) in [4.78, 5) is 4.72. The highest BCUT2D eigenvalue weighted by atomic mass is 16.3. The van der Waals surface area contributed by atoms with Crippen LogP contribution in [-0.4, -0.2) is 48.3 Å². The van der Waals surface area contributed by atoms with Crippen LogP contribution in [0.4, 0.5) is 5.69 Å². The van der Waals surface area contributed by atoms with Crippen molar-refractivity contribution in [1.82, 2.24) is 4.90 Å². The zero-order valence-electron chi connectivity index (χ0n) is 12.8. The number of rotatable bonds is 4. The largest absolute Gasteiger partial charge is 0.389 e. The summed E-state index contributed by atoms with van der Waals surface area (Å²) in [5, 5.41) is 9.87. The van der Waals surface area contributed by atoms with Crippen LogP contribution < -0.4 is 10.6 Å². The molecule has 1 aliphatic rings. The Bertz CT molecular complexity index is 414. The number of piperazine rings is 1. The highest BCUT2D eigenvalue weighted by Gasteiger charge is 2.22. The third kappa shape index (κ3) is 4.20. The molecule has 112 valence electrons.